The van der Waals surface area contributed by atoms with E-state index in [4.69, 9.17) is 0 Å². The second-order valence-corrected chi connectivity index (χ2v) is 8.99. The lowest BCUT2D eigenvalue weighted by Crippen LogP contribution is -2.30. The fourth-order valence-electron chi connectivity index (χ4n) is 5.11. The zero-order valence-corrected chi connectivity index (χ0v) is 18.1. The van der Waals surface area contributed by atoms with Crippen molar-refractivity contribution in [3.63, 3.8) is 0 Å². The minimum atomic E-state index is -0.217. The molecule has 0 N–H and O–H groups in total. The Labute approximate surface area is 173 Å². The molecule has 2 aliphatic rings. The summed E-state index contributed by atoms with van der Waals surface area (Å²) in [5, 5.41) is 10.1. The summed E-state index contributed by atoms with van der Waals surface area (Å²) in [6.45, 7) is 8.89. The molecular weight excluding hydrogens is 354 g/mol. The van der Waals surface area contributed by atoms with Crippen molar-refractivity contribution in [2.75, 3.05) is 19.0 Å². The van der Waals surface area contributed by atoms with Crippen molar-refractivity contribution < 1.29 is 4.58 Å². The molecule has 2 aliphatic heterocycles. The summed E-state index contributed by atoms with van der Waals surface area (Å²) in [5.74, 6) is 0. The summed E-state index contributed by atoms with van der Waals surface area (Å²) in [7, 11) is 4.16. The molecule has 2 heterocycles. The van der Waals surface area contributed by atoms with Gasteiger partial charge in [0.05, 0.1) is 5.41 Å². The molecule has 0 saturated carbocycles. The van der Waals surface area contributed by atoms with Crippen molar-refractivity contribution in [3.05, 3.63) is 83.1 Å². The van der Waals surface area contributed by atoms with Gasteiger partial charge >= 0.3 is 0 Å². The van der Waals surface area contributed by atoms with Crippen LogP contribution >= 0.6 is 0 Å². The van der Waals surface area contributed by atoms with E-state index in [0.29, 0.717) is 5.57 Å². The number of fused-ring (bicyclic) bond motifs is 2. The largest absolute Gasteiger partial charge is 0.347 e. The average molecular weight is 383 g/mol. The van der Waals surface area contributed by atoms with E-state index in [-0.39, 0.29) is 10.8 Å². The van der Waals surface area contributed by atoms with Crippen molar-refractivity contribution in [1.82, 2.24) is 0 Å². The molecular formula is C26H28N3+. The Bertz CT molecular complexity index is 1140. The monoisotopic (exact) mass is 382 g/mol. The molecule has 0 atom stereocenters. The van der Waals surface area contributed by atoms with Gasteiger partial charge in [-0.2, -0.15) is 9.84 Å². The summed E-state index contributed by atoms with van der Waals surface area (Å²) < 4.78 is 2.17. The quantitative estimate of drug-likeness (QED) is 0.510. The Balaban J connectivity index is 1.82. The second kappa shape index (κ2) is 6.46. The SMILES string of the molecule is CN1C(=CC=C(C#N)C2=[N+](C)c3ccccc3C2(C)C)C(C)(C)c2ccccc21. The first-order valence-corrected chi connectivity index (χ1v) is 10.1. The van der Waals surface area contributed by atoms with E-state index in [1.165, 1.54) is 28.2 Å². The van der Waals surface area contributed by atoms with Gasteiger partial charge in [-0.05, 0) is 37.6 Å². The highest BCUT2D eigenvalue weighted by molar-refractivity contribution is 6.09. The molecule has 2 aromatic carbocycles. The standard InChI is InChI=1S/C26H28N3/c1-25(2)19-11-7-9-13-21(19)28(5)23(25)16-15-18(17-27)24-26(3,4)20-12-8-10-14-22(20)29(24)6/h7-16H,1-6H3/q+1. The summed E-state index contributed by atoms with van der Waals surface area (Å²) in [4.78, 5) is 2.24. The molecule has 0 aliphatic carbocycles. The lowest BCUT2D eigenvalue weighted by Gasteiger charge is -2.24. The number of nitriles is 1. The Morgan fingerprint density at radius 3 is 2.21 bits per heavy atom. The number of nitrogens with zero attached hydrogens (tertiary/aromatic N) is 3. The highest BCUT2D eigenvalue weighted by atomic mass is 15.2. The number of rotatable bonds is 2. The van der Waals surface area contributed by atoms with Gasteiger partial charge in [0.25, 0.3) is 0 Å². The van der Waals surface area contributed by atoms with Gasteiger partial charge in [0.2, 0.25) is 11.4 Å². The van der Waals surface area contributed by atoms with Crippen LogP contribution in [0.25, 0.3) is 0 Å². The van der Waals surface area contributed by atoms with Crippen molar-refractivity contribution in [2.45, 2.75) is 38.5 Å². The third kappa shape index (κ3) is 2.67. The smallest absolute Gasteiger partial charge is 0.209 e. The third-order valence-electron chi connectivity index (χ3n) is 6.59. The predicted molar refractivity (Wildman–Crippen MR) is 120 cm³/mol. The predicted octanol–water partition coefficient (Wildman–Crippen LogP) is 5.45. The molecule has 2 aromatic rings. The lowest BCUT2D eigenvalue weighted by molar-refractivity contribution is -0.401. The topological polar surface area (TPSA) is 30.0 Å². The lowest BCUT2D eigenvalue weighted by atomic mass is 9.78. The molecule has 0 radical (unpaired) electrons. The first-order valence-electron chi connectivity index (χ1n) is 10.1. The molecule has 0 bridgehead atoms. The Hall–Kier alpha value is -3.12. The minimum Gasteiger partial charge on any atom is -0.347 e. The van der Waals surface area contributed by atoms with Gasteiger partial charge < -0.3 is 4.90 Å². The van der Waals surface area contributed by atoms with Gasteiger partial charge in [-0.3, -0.25) is 0 Å². The Morgan fingerprint density at radius 2 is 1.59 bits per heavy atom. The number of anilines is 1. The fraction of sp³-hybridized carbons (Fsp3) is 0.308. The van der Waals surface area contributed by atoms with E-state index in [2.05, 4.69) is 112 Å². The summed E-state index contributed by atoms with van der Waals surface area (Å²) in [6, 6.07) is 19.4. The van der Waals surface area contributed by atoms with Gasteiger partial charge in [-0.25, -0.2) is 0 Å². The number of hydrogen-bond donors (Lipinski definition) is 0. The van der Waals surface area contributed by atoms with Crippen LogP contribution in [0.15, 0.2) is 72.0 Å². The molecule has 3 nitrogen and oxygen atoms in total. The van der Waals surface area contributed by atoms with E-state index < -0.39 is 0 Å². The highest BCUT2D eigenvalue weighted by Gasteiger charge is 2.46. The summed E-state index contributed by atoms with van der Waals surface area (Å²) in [5.41, 5.74) is 7.62. The van der Waals surface area contributed by atoms with Crippen LogP contribution < -0.4 is 4.90 Å². The van der Waals surface area contributed by atoms with Crippen LogP contribution in [-0.2, 0) is 10.8 Å². The van der Waals surface area contributed by atoms with Crippen molar-refractivity contribution in [3.8, 4) is 6.07 Å². The van der Waals surface area contributed by atoms with Gasteiger partial charge in [0.1, 0.15) is 18.7 Å². The van der Waals surface area contributed by atoms with Gasteiger partial charge in [-0.1, -0.05) is 50.2 Å². The first kappa shape index (κ1) is 19.2. The number of likely N-dealkylation sites (N-methyl/N-ethyl adjacent to an activating group) is 1. The number of allylic oxidation sites excluding steroid dienone is 4. The normalized spacial score (nSPS) is 20.7. The molecule has 4 rings (SSSR count). The molecule has 0 saturated heterocycles. The Kier molecular flexibility index (Phi) is 4.28. The van der Waals surface area contributed by atoms with Crippen molar-refractivity contribution >= 4 is 17.1 Å². The van der Waals surface area contributed by atoms with Crippen LogP contribution in [0, 0.1) is 11.3 Å². The third-order valence-corrected chi connectivity index (χ3v) is 6.59. The maximum atomic E-state index is 10.1. The number of hydrogen-bond acceptors (Lipinski definition) is 2. The van der Waals surface area contributed by atoms with Crippen LogP contribution in [0.2, 0.25) is 0 Å². The molecule has 0 fully saturated rings. The van der Waals surface area contributed by atoms with Crippen LogP contribution in [-0.4, -0.2) is 24.4 Å². The molecule has 146 valence electrons. The highest BCUT2D eigenvalue weighted by Crippen LogP contribution is 2.47. The number of benzene rings is 2. The average Bonchev–Trinajstić information content (AvgIpc) is 3.03. The van der Waals surface area contributed by atoms with Gasteiger partial charge in [0.15, 0.2) is 0 Å². The van der Waals surface area contributed by atoms with Gasteiger partial charge in [-0.15, -0.1) is 0 Å². The molecule has 0 aromatic heterocycles. The molecule has 0 amide bonds. The molecule has 29 heavy (non-hydrogen) atoms. The molecule has 3 heteroatoms. The van der Waals surface area contributed by atoms with Crippen LogP contribution in [0.5, 0.6) is 0 Å². The summed E-state index contributed by atoms with van der Waals surface area (Å²) >= 11 is 0. The number of para-hydroxylation sites is 2. The van der Waals surface area contributed by atoms with Crippen molar-refractivity contribution in [2.24, 2.45) is 0 Å². The maximum absolute atomic E-state index is 10.1. The van der Waals surface area contributed by atoms with Gasteiger partial charge in [0, 0.05) is 35.5 Å². The van der Waals surface area contributed by atoms with E-state index in [1.54, 1.807) is 0 Å². The summed E-state index contributed by atoms with van der Waals surface area (Å²) in [6.07, 6.45) is 4.12. The van der Waals surface area contributed by atoms with Crippen LogP contribution in [0.4, 0.5) is 11.4 Å². The zero-order valence-electron chi connectivity index (χ0n) is 18.1. The maximum Gasteiger partial charge on any atom is 0.209 e. The molecule has 0 spiro atoms. The zero-order chi connectivity index (χ0) is 21.0. The fourth-order valence-corrected chi connectivity index (χ4v) is 5.11. The van der Waals surface area contributed by atoms with Crippen molar-refractivity contribution in [1.29, 1.82) is 5.26 Å². The minimum absolute atomic E-state index is 0.104. The molecule has 0 unspecified atom stereocenters. The van der Waals surface area contributed by atoms with E-state index in [0.717, 1.165) is 5.71 Å². The second-order valence-electron chi connectivity index (χ2n) is 8.99. The van der Waals surface area contributed by atoms with Crippen LogP contribution in [0.1, 0.15) is 38.8 Å². The first-order chi connectivity index (χ1) is 13.7. The van der Waals surface area contributed by atoms with Crippen LogP contribution in [0.3, 0.4) is 0 Å². The Morgan fingerprint density at radius 1 is 0.966 bits per heavy atom. The van der Waals surface area contributed by atoms with E-state index >= 15 is 0 Å². The van der Waals surface area contributed by atoms with E-state index in [1.807, 2.05) is 6.08 Å². The van der Waals surface area contributed by atoms with E-state index in [9.17, 15) is 5.26 Å².